The second kappa shape index (κ2) is 7.31. The number of carbonyl (C=O) groups is 1. The number of hydrogen-bond donors (Lipinski definition) is 1. The summed E-state index contributed by atoms with van der Waals surface area (Å²) in [7, 11) is 0. The molecule has 4 aromatic rings. The molecule has 0 aliphatic heterocycles. The molecule has 1 amide bonds. The Kier molecular flexibility index (Phi) is 4.69. The van der Waals surface area contributed by atoms with Gasteiger partial charge >= 0.3 is 0 Å². The van der Waals surface area contributed by atoms with Gasteiger partial charge in [-0.2, -0.15) is 0 Å². The van der Waals surface area contributed by atoms with Crippen LogP contribution in [-0.2, 0) is 17.9 Å². The molecular weight excluding hydrogens is 357 g/mol. The first-order valence-electron chi connectivity index (χ1n) is 9.14. The van der Waals surface area contributed by atoms with Gasteiger partial charge in [-0.1, -0.05) is 29.8 Å². The molecule has 0 radical (unpaired) electrons. The van der Waals surface area contributed by atoms with Crippen LogP contribution in [0.3, 0.4) is 0 Å². The first kappa shape index (κ1) is 18.0. The molecule has 2 aromatic heterocycles. The van der Waals surface area contributed by atoms with Crippen LogP contribution < -0.4 is 10.9 Å². The van der Waals surface area contributed by atoms with E-state index in [-0.39, 0.29) is 24.4 Å². The molecule has 0 saturated carbocycles. The number of nitrogens with one attached hydrogen (secondary N) is 1. The van der Waals surface area contributed by atoms with E-state index in [1.807, 2.05) is 31.2 Å². The normalized spacial score (nSPS) is 11.2. The van der Waals surface area contributed by atoms with Gasteiger partial charge < -0.3 is 14.3 Å². The highest BCUT2D eigenvalue weighted by atomic mass is 19.1. The van der Waals surface area contributed by atoms with E-state index < -0.39 is 5.82 Å². The predicted molar refractivity (Wildman–Crippen MR) is 107 cm³/mol. The Bertz CT molecular complexity index is 1240. The molecule has 5 nitrogen and oxygen atoms in total. The molecule has 6 heteroatoms. The van der Waals surface area contributed by atoms with Gasteiger partial charge in [0.25, 0.3) is 5.56 Å². The first-order chi connectivity index (χ1) is 13.5. The zero-order valence-electron chi connectivity index (χ0n) is 15.5. The SMILES string of the molecule is Cc1cccc(CNC(=O)CCn2c(=O)c3cccn3c3ccc(F)cc32)c1. The number of rotatable bonds is 5. The third-order valence-electron chi connectivity index (χ3n) is 4.84. The summed E-state index contributed by atoms with van der Waals surface area (Å²) in [5.41, 5.74) is 3.61. The maximum Gasteiger partial charge on any atom is 0.275 e. The van der Waals surface area contributed by atoms with Crippen LogP contribution in [0, 0.1) is 12.7 Å². The van der Waals surface area contributed by atoms with Crippen molar-refractivity contribution in [2.24, 2.45) is 0 Å². The van der Waals surface area contributed by atoms with Crippen molar-refractivity contribution in [3.05, 3.63) is 88.1 Å². The molecule has 0 aliphatic carbocycles. The van der Waals surface area contributed by atoms with E-state index in [1.54, 1.807) is 28.8 Å². The number of aromatic nitrogens is 2. The lowest BCUT2D eigenvalue weighted by Crippen LogP contribution is -2.28. The lowest BCUT2D eigenvalue weighted by Gasteiger charge is -2.13. The maximum atomic E-state index is 13.8. The van der Waals surface area contributed by atoms with E-state index in [2.05, 4.69) is 5.32 Å². The molecule has 0 spiro atoms. The average molecular weight is 377 g/mol. The lowest BCUT2D eigenvalue weighted by atomic mass is 10.1. The van der Waals surface area contributed by atoms with Crippen molar-refractivity contribution in [3.63, 3.8) is 0 Å². The molecule has 142 valence electrons. The summed E-state index contributed by atoms with van der Waals surface area (Å²) in [4.78, 5) is 25.1. The number of amides is 1. The molecule has 2 aromatic carbocycles. The standard InChI is InChI=1S/C22H20FN3O2/c1-15-4-2-5-16(12-15)14-24-21(27)9-11-26-20-13-17(23)7-8-18(20)25-10-3-6-19(25)22(26)28/h2-8,10,12-13H,9,11,14H2,1H3,(H,24,27). The molecule has 2 heterocycles. The van der Waals surface area contributed by atoms with Crippen molar-refractivity contribution in [1.82, 2.24) is 14.3 Å². The molecule has 0 atom stereocenters. The lowest BCUT2D eigenvalue weighted by molar-refractivity contribution is -0.121. The van der Waals surface area contributed by atoms with Gasteiger partial charge in [0.2, 0.25) is 5.91 Å². The zero-order chi connectivity index (χ0) is 19.7. The van der Waals surface area contributed by atoms with Crippen LogP contribution in [0.25, 0.3) is 16.6 Å². The van der Waals surface area contributed by atoms with E-state index in [9.17, 15) is 14.0 Å². The Morgan fingerprint density at radius 1 is 1.04 bits per heavy atom. The topological polar surface area (TPSA) is 55.5 Å². The van der Waals surface area contributed by atoms with Gasteiger partial charge in [0, 0.05) is 25.7 Å². The number of fused-ring (bicyclic) bond motifs is 3. The Morgan fingerprint density at radius 3 is 2.71 bits per heavy atom. The summed E-state index contributed by atoms with van der Waals surface area (Å²) < 4.78 is 17.0. The number of halogens is 1. The van der Waals surface area contributed by atoms with Crippen LogP contribution in [0.15, 0.2) is 65.6 Å². The number of benzene rings is 2. The van der Waals surface area contributed by atoms with Crippen LogP contribution in [0.5, 0.6) is 0 Å². The van der Waals surface area contributed by atoms with Crippen LogP contribution in [0.4, 0.5) is 4.39 Å². The van der Waals surface area contributed by atoms with Gasteiger partial charge in [0.1, 0.15) is 11.3 Å². The number of nitrogens with zero attached hydrogens (tertiary/aromatic N) is 2. The van der Waals surface area contributed by atoms with E-state index in [1.165, 1.54) is 16.7 Å². The Balaban J connectivity index is 1.57. The molecular formula is C22H20FN3O2. The van der Waals surface area contributed by atoms with Crippen LogP contribution in [0.2, 0.25) is 0 Å². The minimum atomic E-state index is -0.420. The quantitative estimate of drug-likeness (QED) is 0.580. The number of carbonyl (C=O) groups excluding carboxylic acids is 1. The van der Waals surface area contributed by atoms with E-state index in [0.717, 1.165) is 16.6 Å². The van der Waals surface area contributed by atoms with Crippen LogP contribution >= 0.6 is 0 Å². The van der Waals surface area contributed by atoms with Crippen molar-refractivity contribution in [2.45, 2.75) is 26.4 Å². The highest BCUT2D eigenvalue weighted by molar-refractivity contribution is 5.80. The summed E-state index contributed by atoms with van der Waals surface area (Å²) in [6.07, 6.45) is 1.91. The van der Waals surface area contributed by atoms with Gasteiger partial charge in [0.15, 0.2) is 0 Å². The Morgan fingerprint density at radius 2 is 1.89 bits per heavy atom. The van der Waals surface area contributed by atoms with Gasteiger partial charge in [-0.15, -0.1) is 0 Å². The van der Waals surface area contributed by atoms with Gasteiger partial charge in [-0.05, 0) is 42.8 Å². The summed E-state index contributed by atoms with van der Waals surface area (Å²) in [6.45, 7) is 2.61. The van der Waals surface area contributed by atoms with E-state index >= 15 is 0 Å². The monoisotopic (exact) mass is 377 g/mol. The second-order valence-corrected chi connectivity index (χ2v) is 6.87. The first-order valence-corrected chi connectivity index (χ1v) is 9.14. The number of hydrogen-bond acceptors (Lipinski definition) is 2. The average Bonchev–Trinajstić information content (AvgIpc) is 3.16. The molecule has 4 rings (SSSR count). The molecule has 1 N–H and O–H groups in total. The molecule has 0 aliphatic rings. The molecule has 0 saturated heterocycles. The molecule has 28 heavy (non-hydrogen) atoms. The summed E-state index contributed by atoms with van der Waals surface area (Å²) >= 11 is 0. The summed E-state index contributed by atoms with van der Waals surface area (Å²) in [6, 6.07) is 15.8. The molecule has 0 unspecified atom stereocenters. The fourth-order valence-corrected chi connectivity index (χ4v) is 3.48. The highest BCUT2D eigenvalue weighted by Crippen LogP contribution is 2.17. The minimum absolute atomic E-state index is 0.133. The van der Waals surface area contributed by atoms with Crippen molar-refractivity contribution < 1.29 is 9.18 Å². The number of aryl methyl sites for hydroxylation is 2. The highest BCUT2D eigenvalue weighted by Gasteiger charge is 2.12. The maximum absolute atomic E-state index is 13.8. The summed E-state index contributed by atoms with van der Waals surface area (Å²) in [5, 5.41) is 2.87. The third kappa shape index (κ3) is 3.41. The Hall–Kier alpha value is -3.41. The van der Waals surface area contributed by atoms with Crippen molar-refractivity contribution in [3.8, 4) is 0 Å². The largest absolute Gasteiger partial charge is 0.352 e. The van der Waals surface area contributed by atoms with Crippen molar-refractivity contribution in [1.29, 1.82) is 0 Å². The van der Waals surface area contributed by atoms with Gasteiger partial charge in [-0.25, -0.2) is 4.39 Å². The van der Waals surface area contributed by atoms with Crippen LogP contribution in [-0.4, -0.2) is 14.9 Å². The summed E-state index contributed by atoms with van der Waals surface area (Å²) in [5.74, 6) is -0.579. The van der Waals surface area contributed by atoms with Gasteiger partial charge in [0.05, 0.1) is 11.0 Å². The Labute approximate surface area is 161 Å². The fraction of sp³-hybridized carbons (Fsp3) is 0.182. The molecule has 0 fully saturated rings. The van der Waals surface area contributed by atoms with Crippen LogP contribution in [0.1, 0.15) is 17.5 Å². The fourth-order valence-electron chi connectivity index (χ4n) is 3.48. The zero-order valence-corrected chi connectivity index (χ0v) is 15.5. The second-order valence-electron chi connectivity index (χ2n) is 6.87. The van der Waals surface area contributed by atoms with Crippen molar-refractivity contribution >= 4 is 22.5 Å². The van der Waals surface area contributed by atoms with E-state index in [4.69, 9.17) is 0 Å². The predicted octanol–water partition coefficient (Wildman–Crippen LogP) is 3.41. The van der Waals surface area contributed by atoms with Crippen molar-refractivity contribution in [2.75, 3.05) is 0 Å². The molecule has 0 bridgehead atoms. The minimum Gasteiger partial charge on any atom is -0.352 e. The smallest absolute Gasteiger partial charge is 0.275 e. The van der Waals surface area contributed by atoms with Gasteiger partial charge in [-0.3, -0.25) is 9.59 Å². The third-order valence-corrected chi connectivity index (χ3v) is 4.84. The van der Waals surface area contributed by atoms with E-state index in [0.29, 0.717) is 17.6 Å².